The maximum Gasteiger partial charge on any atom is 0.174 e. The van der Waals surface area contributed by atoms with E-state index in [-0.39, 0.29) is 5.75 Å². The summed E-state index contributed by atoms with van der Waals surface area (Å²) >= 11 is 0. The lowest BCUT2D eigenvalue weighted by atomic mass is 9.88. The second-order valence-electron chi connectivity index (χ2n) is 4.87. The normalized spacial score (nSPS) is 22.4. The van der Waals surface area contributed by atoms with Crippen LogP contribution in [0, 0.1) is 5.82 Å². The lowest BCUT2D eigenvalue weighted by Gasteiger charge is -2.29. The molecule has 1 aromatic carbocycles. The first kappa shape index (κ1) is 13.9. The van der Waals surface area contributed by atoms with Gasteiger partial charge in [-0.2, -0.15) is 0 Å². The van der Waals surface area contributed by atoms with Crippen LogP contribution < -0.4 is 19.5 Å². The maximum atomic E-state index is 14.6. The molecule has 1 aromatic rings. The molecule has 106 valence electrons. The van der Waals surface area contributed by atoms with Crippen LogP contribution in [0.1, 0.15) is 25.3 Å². The molecule has 1 N–H and O–H groups in total. The fourth-order valence-electron chi connectivity index (χ4n) is 2.70. The Labute approximate surface area is 112 Å². The van der Waals surface area contributed by atoms with Crippen molar-refractivity contribution in [2.45, 2.75) is 25.3 Å². The summed E-state index contributed by atoms with van der Waals surface area (Å²) in [7, 11) is 4.49. The first-order chi connectivity index (χ1) is 9.07. The van der Waals surface area contributed by atoms with Gasteiger partial charge in [0.15, 0.2) is 23.1 Å². The van der Waals surface area contributed by atoms with E-state index < -0.39 is 11.4 Å². The Morgan fingerprint density at radius 3 is 2.32 bits per heavy atom. The van der Waals surface area contributed by atoms with Gasteiger partial charge in [-0.15, -0.1) is 0 Å². The molecule has 0 amide bonds. The Morgan fingerprint density at radius 2 is 1.84 bits per heavy atom. The van der Waals surface area contributed by atoms with Crippen LogP contribution in [0.3, 0.4) is 0 Å². The van der Waals surface area contributed by atoms with Crippen molar-refractivity contribution in [3.05, 3.63) is 17.4 Å². The van der Waals surface area contributed by atoms with Gasteiger partial charge in [-0.05, 0) is 26.3 Å². The molecule has 1 aliphatic heterocycles. The third kappa shape index (κ3) is 2.23. The first-order valence-corrected chi connectivity index (χ1v) is 6.31. The van der Waals surface area contributed by atoms with Crippen molar-refractivity contribution in [2.75, 3.05) is 27.9 Å². The number of hydrogen-bond donors (Lipinski definition) is 1. The van der Waals surface area contributed by atoms with Crippen molar-refractivity contribution in [3.63, 3.8) is 0 Å². The minimum absolute atomic E-state index is 0.169. The van der Waals surface area contributed by atoms with E-state index in [9.17, 15) is 4.39 Å². The maximum absolute atomic E-state index is 14.6. The van der Waals surface area contributed by atoms with Gasteiger partial charge in [-0.25, -0.2) is 4.39 Å². The molecular formula is C14H20FNO3. The van der Waals surface area contributed by atoms with Crippen molar-refractivity contribution in [3.8, 4) is 17.2 Å². The van der Waals surface area contributed by atoms with Crippen LogP contribution in [-0.4, -0.2) is 27.9 Å². The molecule has 1 saturated heterocycles. The number of ether oxygens (including phenoxy) is 3. The van der Waals surface area contributed by atoms with Crippen LogP contribution in [0.15, 0.2) is 6.07 Å². The molecule has 4 nitrogen and oxygen atoms in total. The molecule has 0 aliphatic carbocycles. The molecule has 0 saturated carbocycles. The Balaban J connectivity index is 2.68. The van der Waals surface area contributed by atoms with Crippen molar-refractivity contribution in [2.24, 2.45) is 0 Å². The van der Waals surface area contributed by atoms with E-state index in [4.69, 9.17) is 14.2 Å². The summed E-state index contributed by atoms with van der Waals surface area (Å²) in [5.41, 5.74) is 0.0146. The Kier molecular flexibility index (Phi) is 3.85. The van der Waals surface area contributed by atoms with E-state index in [0.29, 0.717) is 17.1 Å². The van der Waals surface area contributed by atoms with Crippen LogP contribution in [0.4, 0.5) is 4.39 Å². The largest absolute Gasteiger partial charge is 0.494 e. The average molecular weight is 269 g/mol. The zero-order valence-electron chi connectivity index (χ0n) is 11.8. The van der Waals surface area contributed by atoms with Crippen LogP contribution in [0.5, 0.6) is 17.2 Å². The van der Waals surface area contributed by atoms with Gasteiger partial charge in [-0.3, -0.25) is 0 Å². The average Bonchev–Trinajstić information content (AvgIpc) is 2.85. The van der Waals surface area contributed by atoms with Crippen LogP contribution >= 0.6 is 0 Å². The van der Waals surface area contributed by atoms with Crippen molar-refractivity contribution in [1.29, 1.82) is 0 Å². The molecule has 1 unspecified atom stereocenters. The Hall–Kier alpha value is -1.49. The highest BCUT2D eigenvalue weighted by atomic mass is 19.1. The predicted molar refractivity (Wildman–Crippen MR) is 70.6 cm³/mol. The van der Waals surface area contributed by atoms with Gasteiger partial charge in [0.1, 0.15) is 0 Å². The molecule has 1 fully saturated rings. The van der Waals surface area contributed by atoms with E-state index in [2.05, 4.69) is 5.32 Å². The monoisotopic (exact) mass is 269 g/mol. The fraction of sp³-hybridized carbons (Fsp3) is 0.571. The van der Waals surface area contributed by atoms with E-state index in [1.165, 1.54) is 27.4 Å². The molecule has 0 radical (unpaired) electrons. The SMILES string of the molecule is COc1cc(OC)c(OC)c(C2(C)CCCN2)c1F. The van der Waals surface area contributed by atoms with Crippen LogP contribution in [0.25, 0.3) is 0 Å². The van der Waals surface area contributed by atoms with Gasteiger partial charge in [0.25, 0.3) is 0 Å². The number of methoxy groups -OCH3 is 3. The predicted octanol–water partition coefficient (Wildman–Crippen LogP) is 2.45. The van der Waals surface area contributed by atoms with Crippen molar-refractivity contribution in [1.82, 2.24) is 5.32 Å². The first-order valence-electron chi connectivity index (χ1n) is 6.31. The summed E-state index contributed by atoms with van der Waals surface area (Å²) in [6, 6.07) is 1.51. The van der Waals surface area contributed by atoms with Crippen LogP contribution in [-0.2, 0) is 5.54 Å². The third-order valence-corrected chi connectivity index (χ3v) is 3.71. The van der Waals surface area contributed by atoms with E-state index in [1.807, 2.05) is 6.92 Å². The van der Waals surface area contributed by atoms with E-state index in [1.54, 1.807) is 0 Å². The lowest BCUT2D eigenvalue weighted by molar-refractivity contribution is 0.310. The Morgan fingerprint density at radius 1 is 1.16 bits per heavy atom. The molecule has 1 aliphatic rings. The third-order valence-electron chi connectivity index (χ3n) is 3.71. The molecular weight excluding hydrogens is 249 g/mol. The summed E-state index contributed by atoms with van der Waals surface area (Å²) in [4.78, 5) is 0. The second-order valence-corrected chi connectivity index (χ2v) is 4.87. The second kappa shape index (κ2) is 5.25. The number of benzene rings is 1. The fourth-order valence-corrected chi connectivity index (χ4v) is 2.70. The topological polar surface area (TPSA) is 39.7 Å². The van der Waals surface area contributed by atoms with Gasteiger partial charge >= 0.3 is 0 Å². The summed E-state index contributed by atoms with van der Waals surface area (Å²) in [6.45, 7) is 2.83. The van der Waals surface area contributed by atoms with Gasteiger partial charge in [0, 0.05) is 11.6 Å². The zero-order chi connectivity index (χ0) is 14.0. The number of nitrogens with one attached hydrogen (secondary N) is 1. The van der Waals surface area contributed by atoms with Crippen molar-refractivity contribution < 1.29 is 18.6 Å². The molecule has 0 spiro atoms. The minimum atomic E-state index is -0.461. The van der Waals surface area contributed by atoms with E-state index in [0.717, 1.165) is 19.4 Å². The highest BCUT2D eigenvalue weighted by Gasteiger charge is 2.38. The lowest BCUT2D eigenvalue weighted by Crippen LogP contribution is -2.34. The zero-order valence-corrected chi connectivity index (χ0v) is 11.8. The van der Waals surface area contributed by atoms with Crippen LogP contribution in [0.2, 0.25) is 0 Å². The highest BCUT2D eigenvalue weighted by Crippen LogP contribution is 2.46. The summed E-state index contributed by atoms with van der Waals surface area (Å²) in [5.74, 6) is 0.683. The van der Waals surface area contributed by atoms with Gasteiger partial charge in [0.2, 0.25) is 0 Å². The quantitative estimate of drug-likeness (QED) is 0.911. The number of rotatable bonds is 4. The summed E-state index contributed by atoms with van der Waals surface area (Å²) in [5, 5.41) is 3.34. The molecule has 1 atom stereocenters. The molecule has 5 heteroatoms. The minimum Gasteiger partial charge on any atom is -0.494 e. The molecule has 19 heavy (non-hydrogen) atoms. The Bertz CT molecular complexity index is 470. The van der Waals surface area contributed by atoms with Crippen molar-refractivity contribution >= 4 is 0 Å². The summed E-state index contributed by atoms with van der Waals surface area (Å²) < 4.78 is 30.4. The smallest absolute Gasteiger partial charge is 0.174 e. The van der Waals surface area contributed by atoms with Gasteiger partial charge in [0.05, 0.1) is 26.9 Å². The molecule has 0 bridgehead atoms. The summed E-state index contributed by atoms with van der Waals surface area (Å²) in [6.07, 6.45) is 1.84. The van der Waals surface area contributed by atoms with Gasteiger partial charge in [-0.1, -0.05) is 0 Å². The highest BCUT2D eigenvalue weighted by molar-refractivity contribution is 5.55. The number of halogens is 1. The molecule has 0 aromatic heterocycles. The molecule has 2 rings (SSSR count). The molecule has 1 heterocycles. The number of hydrogen-bond acceptors (Lipinski definition) is 4. The van der Waals surface area contributed by atoms with E-state index >= 15 is 0 Å². The van der Waals surface area contributed by atoms with Gasteiger partial charge < -0.3 is 19.5 Å². The standard InChI is InChI=1S/C14H20FNO3/c1-14(6-5-7-16-14)11-12(15)9(17-2)8-10(18-3)13(11)19-4/h8,16H,5-7H2,1-4H3.